The van der Waals surface area contributed by atoms with Crippen molar-refractivity contribution >= 4 is 55.8 Å². The molecule has 5 heteroatoms. The van der Waals surface area contributed by atoms with E-state index in [0.29, 0.717) is 15.6 Å². The van der Waals surface area contributed by atoms with Gasteiger partial charge in [-0.3, -0.25) is 4.79 Å². The summed E-state index contributed by atoms with van der Waals surface area (Å²) in [6.45, 7) is 0.227. The summed E-state index contributed by atoms with van der Waals surface area (Å²) in [6.07, 6.45) is 1.90. The highest BCUT2D eigenvalue weighted by Gasteiger charge is 2.13. The maximum absolute atomic E-state index is 12.4. The molecule has 1 heterocycles. The van der Waals surface area contributed by atoms with Gasteiger partial charge in [0, 0.05) is 32.2 Å². The number of carbonyl (C=O) groups is 1. The number of fused-ring (bicyclic) bond motifs is 1. The standard InChI is InChI=1S/C16H10BrCl2NO/c17-11-1-4-15-10(7-11)5-6-20(15)9-16(21)13-8-12(18)2-3-14(13)19/h1-8H,9H2. The molecular formula is C16H10BrCl2NO. The van der Waals surface area contributed by atoms with E-state index in [1.807, 2.05) is 35.0 Å². The lowest BCUT2D eigenvalue weighted by Crippen LogP contribution is -2.10. The van der Waals surface area contributed by atoms with E-state index in [9.17, 15) is 4.79 Å². The van der Waals surface area contributed by atoms with E-state index in [1.54, 1.807) is 18.2 Å². The van der Waals surface area contributed by atoms with Gasteiger partial charge in [-0.2, -0.15) is 0 Å². The quantitative estimate of drug-likeness (QED) is 0.541. The predicted octanol–water partition coefficient (Wildman–Crippen LogP) is 5.59. The Morgan fingerprint density at radius 1 is 1.10 bits per heavy atom. The third-order valence-corrected chi connectivity index (χ3v) is 4.33. The van der Waals surface area contributed by atoms with Crippen LogP contribution in [0.2, 0.25) is 10.0 Å². The average Bonchev–Trinajstić information content (AvgIpc) is 2.83. The van der Waals surface area contributed by atoms with Crippen LogP contribution in [0.25, 0.3) is 10.9 Å². The van der Waals surface area contributed by atoms with Crippen molar-refractivity contribution in [3.8, 4) is 0 Å². The molecule has 0 aliphatic carbocycles. The van der Waals surface area contributed by atoms with Crippen LogP contribution in [-0.4, -0.2) is 10.4 Å². The summed E-state index contributed by atoms with van der Waals surface area (Å²) in [7, 11) is 0. The number of hydrogen-bond donors (Lipinski definition) is 0. The van der Waals surface area contributed by atoms with Crippen LogP contribution in [0.4, 0.5) is 0 Å². The average molecular weight is 383 g/mol. The summed E-state index contributed by atoms with van der Waals surface area (Å²) in [4.78, 5) is 12.4. The molecule has 0 unspecified atom stereocenters. The van der Waals surface area contributed by atoms with Crippen molar-refractivity contribution in [3.63, 3.8) is 0 Å². The Labute approximate surface area is 140 Å². The van der Waals surface area contributed by atoms with Gasteiger partial charge in [-0.1, -0.05) is 39.1 Å². The monoisotopic (exact) mass is 381 g/mol. The Kier molecular flexibility index (Phi) is 4.07. The van der Waals surface area contributed by atoms with Gasteiger partial charge in [0.1, 0.15) is 0 Å². The molecule has 0 N–H and O–H groups in total. The fourth-order valence-corrected chi connectivity index (χ4v) is 3.03. The summed E-state index contributed by atoms with van der Waals surface area (Å²) >= 11 is 15.4. The molecule has 2 aromatic carbocycles. The Morgan fingerprint density at radius 2 is 1.90 bits per heavy atom. The molecule has 1 aromatic heterocycles. The number of nitrogens with zero attached hydrogens (tertiary/aromatic N) is 1. The van der Waals surface area contributed by atoms with E-state index in [0.717, 1.165) is 15.4 Å². The lowest BCUT2D eigenvalue weighted by Gasteiger charge is -2.07. The van der Waals surface area contributed by atoms with Crippen LogP contribution < -0.4 is 0 Å². The zero-order valence-corrected chi connectivity index (χ0v) is 13.9. The van der Waals surface area contributed by atoms with Gasteiger partial charge in [0.15, 0.2) is 5.78 Å². The Balaban J connectivity index is 1.95. The summed E-state index contributed by atoms with van der Waals surface area (Å²) in [5, 5.41) is 2.00. The van der Waals surface area contributed by atoms with Crippen LogP contribution in [0.1, 0.15) is 10.4 Å². The number of halogens is 3. The molecular weight excluding hydrogens is 373 g/mol. The van der Waals surface area contributed by atoms with E-state index < -0.39 is 0 Å². The highest BCUT2D eigenvalue weighted by molar-refractivity contribution is 9.10. The topological polar surface area (TPSA) is 22.0 Å². The Hall–Kier alpha value is -1.29. The molecule has 3 aromatic rings. The van der Waals surface area contributed by atoms with Crippen molar-refractivity contribution < 1.29 is 4.79 Å². The minimum Gasteiger partial charge on any atom is -0.340 e. The largest absolute Gasteiger partial charge is 0.340 e. The molecule has 0 atom stereocenters. The number of carbonyl (C=O) groups excluding carboxylic acids is 1. The van der Waals surface area contributed by atoms with Gasteiger partial charge in [0.25, 0.3) is 0 Å². The van der Waals surface area contributed by atoms with Gasteiger partial charge >= 0.3 is 0 Å². The predicted molar refractivity (Wildman–Crippen MR) is 90.4 cm³/mol. The minimum atomic E-state index is -0.0667. The van der Waals surface area contributed by atoms with Gasteiger partial charge in [-0.05, 0) is 42.5 Å². The third-order valence-electron chi connectivity index (χ3n) is 3.28. The highest BCUT2D eigenvalue weighted by atomic mass is 79.9. The number of benzene rings is 2. The summed E-state index contributed by atoms with van der Waals surface area (Å²) < 4.78 is 2.92. The van der Waals surface area contributed by atoms with E-state index in [-0.39, 0.29) is 12.3 Å². The smallest absolute Gasteiger partial charge is 0.184 e. The first-order chi connectivity index (χ1) is 10.0. The van der Waals surface area contributed by atoms with E-state index in [1.165, 1.54) is 0 Å². The normalized spacial score (nSPS) is 11.0. The van der Waals surface area contributed by atoms with E-state index in [2.05, 4.69) is 15.9 Å². The summed E-state index contributed by atoms with van der Waals surface area (Å²) in [5.74, 6) is -0.0667. The molecule has 0 fully saturated rings. The van der Waals surface area contributed by atoms with Gasteiger partial charge in [0.05, 0.1) is 11.6 Å². The molecule has 0 aliphatic rings. The highest BCUT2D eigenvalue weighted by Crippen LogP contribution is 2.24. The molecule has 0 saturated heterocycles. The Bertz CT molecular complexity index is 841. The molecule has 3 rings (SSSR count). The number of rotatable bonds is 3. The lowest BCUT2D eigenvalue weighted by atomic mass is 10.1. The lowest BCUT2D eigenvalue weighted by molar-refractivity contribution is 0.0974. The van der Waals surface area contributed by atoms with Crippen LogP contribution in [0.5, 0.6) is 0 Å². The van der Waals surface area contributed by atoms with Crippen molar-refractivity contribution in [2.24, 2.45) is 0 Å². The van der Waals surface area contributed by atoms with Gasteiger partial charge < -0.3 is 4.57 Å². The molecule has 21 heavy (non-hydrogen) atoms. The van der Waals surface area contributed by atoms with Crippen LogP contribution in [0, 0.1) is 0 Å². The third kappa shape index (κ3) is 3.00. The van der Waals surface area contributed by atoms with Crippen molar-refractivity contribution in [2.45, 2.75) is 6.54 Å². The second-order valence-electron chi connectivity index (χ2n) is 4.69. The molecule has 0 spiro atoms. The minimum absolute atomic E-state index is 0.0667. The first-order valence-electron chi connectivity index (χ1n) is 6.27. The van der Waals surface area contributed by atoms with Gasteiger partial charge in [-0.25, -0.2) is 0 Å². The number of Topliss-reactive ketones (excluding diaryl/α,β-unsaturated/α-hetero) is 1. The molecule has 0 radical (unpaired) electrons. The van der Waals surface area contributed by atoms with Gasteiger partial charge in [0.2, 0.25) is 0 Å². The van der Waals surface area contributed by atoms with E-state index >= 15 is 0 Å². The maximum Gasteiger partial charge on any atom is 0.184 e. The summed E-state index contributed by atoms with van der Waals surface area (Å²) in [6, 6.07) is 12.8. The summed E-state index contributed by atoms with van der Waals surface area (Å²) in [5.41, 5.74) is 1.45. The maximum atomic E-state index is 12.4. The van der Waals surface area contributed by atoms with Crippen LogP contribution in [0.15, 0.2) is 53.1 Å². The molecule has 0 saturated carbocycles. The first kappa shape index (κ1) is 14.6. The van der Waals surface area contributed by atoms with Gasteiger partial charge in [-0.15, -0.1) is 0 Å². The van der Waals surface area contributed by atoms with Crippen molar-refractivity contribution in [1.29, 1.82) is 0 Å². The van der Waals surface area contributed by atoms with Crippen LogP contribution in [0.3, 0.4) is 0 Å². The fraction of sp³-hybridized carbons (Fsp3) is 0.0625. The van der Waals surface area contributed by atoms with E-state index in [4.69, 9.17) is 23.2 Å². The fourth-order valence-electron chi connectivity index (χ4n) is 2.26. The van der Waals surface area contributed by atoms with Crippen molar-refractivity contribution in [2.75, 3.05) is 0 Å². The number of hydrogen-bond acceptors (Lipinski definition) is 1. The SMILES string of the molecule is O=C(Cn1ccc2cc(Br)ccc21)c1cc(Cl)ccc1Cl. The molecule has 2 nitrogen and oxygen atoms in total. The molecule has 0 aliphatic heterocycles. The van der Waals surface area contributed by atoms with Crippen LogP contribution >= 0.6 is 39.1 Å². The zero-order chi connectivity index (χ0) is 15.0. The Morgan fingerprint density at radius 3 is 2.71 bits per heavy atom. The second-order valence-corrected chi connectivity index (χ2v) is 6.45. The molecule has 106 valence electrons. The van der Waals surface area contributed by atoms with Crippen molar-refractivity contribution in [3.05, 3.63) is 68.7 Å². The molecule has 0 amide bonds. The first-order valence-corrected chi connectivity index (χ1v) is 7.82. The second kappa shape index (κ2) is 5.84. The van der Waals surface area contributed by atoms with Crippen molar-refractivity contribution in [1.82, 2.24) is 4.57 Å². The zero-order valence-electron chi connectivity index (χ0n) is 10.8. The number of ketones is 1. The number of aromatic nitrogens is 1. The molecule has 0 bridgehead atoms. The van der Waals surface area contributed by atoms with Crippen LogP contribution in [-0.2, 0) is 6.54 Å².